The third kappa shape index (κ3) is 4.98. The van der Waals surface area contributed by atoms with Crippen molar-refractivity contribution in [3.8, 4) is 0 Å². The highest BCUT2D eigenvalue weighted by Gasteiger charge is 2.11. The van der Waals surface area contributed by atoms with Crippen LogP contribution in [0, 0.1) is 6.92 Å². The van der Waals surface area contributed by atoms with E-state index >= 15 is 0 Å². The van der Waals surface area contributed by atoms with Gasteiger partial charge in [0.2, 0.25) is 0 Å². The van der Waals surface area contributed by atoms with Crippen LogP contribution in [0.25, 0.3) is 0 Å². The summed E-state index contributed by atoms with van der Waals surface area (Å²) >= 11 is 0. The van der Waals surface area contributed by atoms with Crippen LogP contribution in [0.5, 0.6) is 0 Å². The molecule has 100 valence electrons. The average Bonchev–Trinajstić information content (AvgIpc) is 2.37. The molecule has 0 saturated heterocycles. The van der Waals surface area contributed by atoms with E-state index in [1.807, 2.05) is 36.1 Å². The van der Waals surface area contributed by atoms with Gasteiger partial charge in [0, 0.05) is 12.1 Å². The second kappa shape index (κ2) is 8.01. The van der Waals surface area contributed by atoms with Crippen molar-refractivity contribution in [1.82, 2.24) is 4.90 Å². The van der Waals surface area contributed by atoms with Gasteiger partial charge in [0.1, 0.15) is 0 Å². The fourth-order valence-corrected chi connectivity index (χ4v) is 1.83. The molecule has 0 amide bonds. The number of hydrogen-bond donors (Lipinski definition) is 1. The number of Topliss-reactive ketones (excluding diaryl/α,β-unsaturated/α-hetero) is 1. The number of carbonyl (C=O) groups excluding carboxylic acids is 1. The first-order chi connectivity index (χ1) is 8.67. The van der Waals surface area contributed by atoms with Crippen LogP contribution in [0.1, 0.15) is 35.7 Å². The van der Waals surface area contributed by atoms with Crippen molar-refractivity contribution in [2.75, 3.05) is 26.2 Å². The van der Waals surface area contributed by atoms with Gasteiger partial charge in [-0.25, -0.2) is 0 Å². The number of aliphatic hydroxyl groups is 1. The Kier molecular flexibility index (Phi) is 6.61. The maximum absolute atomic E-state index is 12.1. The number of ketones is 1. The van der Waals surface area contributed by atoms with Crippen LogP contribution >= 0.6 is 0 Å². The van der Waals surface area contributed by atoms with Gasteiger partial charge < -0.3 is 5.11 Å². The number of aryl methyl sites for hydroxylation is 1. The molecule has 3 heteroatoms. The average molecular weight is 249 g/mol. The number of benzene rings is 1. The fraction of sp³-hybridized carbons (Fsp3) is 0.533. The molecular weight excluding hydrogens is 226 g/mol. The summed E-state index contributed by atoms with van der Waals surface area (Å²) in [5, 5.41) is 9.00. The summed E-state index contributed by atoms with van der Waals surface area (Å²) < 4.78 is 0. The molecular formula is C15H23NO2. The molecule has 1 rings (SSSR count). The van der Waals surface area contributed by atoms with E-state index in [1.165, 1.54) is 0 Å². The standard InChI is InChI=1S/C15H23NO2/c1-3-4-9-16(10-11-17)12-15(18)14-7-5-13(2)6-8-14/h5-8,17H,3-4,9-12H2,1-2H3. The zero-order chi connectivity index (χ0) is 13.4. The molecule has 0 fully saturated rings. The minimum atomic E-state index is 0.102. The highest BCUT2D eigenvalue weighted by molar-refractivity contribution is 5.97. The lowest BCUT2D eigenvalue weighted by molar-refractivity contribution is 0.0913. The molecule has 0 aliphatic rings. The Hall–Kier alpha value is -1.19. The van der Waals surface area contributed by atoms with E-state index in [0.717, 1.165) is 30.5 Å². The highest BCUT2D eigenvalue weighted by Crippen LogP contribution is 2.06. The van der Waals surface area contributed by atoms with Crippen LogP contribution in [0.4, 0.5) is 0 Å². The van der Waals surface area contributed by atoms with Crippen LogP contribution in [0.2, 0.25) is 0 Å². The number of nitrogens with zero attached hydrogens (tertiary/aromatic N) is 1. The first kappa shape index (κ1) is 14.9. The molecule has 0 bridgehead atoms. The lowest BCUT2D eigenvalue weighted by Crippen LogP contribution is -2.33. The molecule has 18 heavy (non-hydrogen) atoms. The largest absolute Gasteiger partial charge is 0.395 e. The lowest BCUT2D eigenvalue weighted by atomic mass is 10.1. The minimum absolute atomic E-state index is 0.102. The number of unbranched alkanes of at least 4 members (excludes halogenated alkanes) is 1. The zero-order valence-electron chi connectivity index (χ0n) is 11.4. The predicted molar refractivity (Wildman–Crippen MR) is 73.9 cm³/mol. The van der Waals surface area contributed by atoms with Crippen LogP contribution in [0.3, 0.4) is 0 Å². The summed E-state index contributed by atoms with van der Waals surface area (Å²) in [5.74, 6) is 0.125. The van der Waals surface area contributed by atoms with Gasteiger partial charge in [-0.2, -0.15) is 0 Å². The molecule has 0 unspecified atom stereocenters. The summed E-state index contributed by atoms with van der Waals surface area (Å²) in [7, 11) is 0. The Morgan fingerprint density at radius 3 is 2.44 bits per heavy atom. The van der Waals surface area contributed by atoms with Gasteiger partial charge in [0.05, 0.1) is 13.2 Å². The third-order valence-electron chi connectivity index (χ3n) is 2.98. The van der Waals surface area contributed by atoms with E-state index in [4.69, 9.17) is 5.11 Å². The molecule has 1 aromatic carbocycles. The van der Waals surface area contributed by atoms with Crippen LogP contribution in [-0.4, -0.2) is 42.0 Å². The number of hydrogen-bond acceptors (Lipinski definition) is 3. The van der Waals surface area contributed by atoms with Gasteiger partial charge in [-0.15, -0.1) is 0 Å². The van der Waals surface area contributed by atoms with E-state index in [-0.39, 0.29) is 12.4 Å². The summed E-state index contributed by atoms with van der Waals surface area (Å²) in [6, 6.07) is 7.65. The Labute approximate surface area is 109 Å². The van der Waals surface area contributed by atoms with Crippen molar-refractivity contribution in [3.05, 3.63) is 35.4 Å². The van der Waals surface area contributed by atoms with Crippen molar-refractivity contribution in [2.24, 2.45) is 0 Å². The summed E-state index contributed by atoms with van der Waals surface area (Å²) in [5.41, 5.74) is 1.91. The second-order valence-electron chi connectivity index (χ2n) is 4.64. The van der Waals surface area contributed by atoms with E-state index in [1.54, 1.807) is 0 Å². The lowest BCUT2D eigenvalue weighted by Gasteiger charge is -2.20. The second-order valence-corrected chi connectivity index (χ2v) is 4.64. The monoisotopic (exact) mass is 249 g/mol. The molecule has 0 atom stereocenters. The molecule has 0 radical (unpaired) electrons. The van der Waals surface area contributed by atoms with Crippen molar-refractivity contribution in [3.63, 3.8) is 0 Å². The van der Waals surface area contributed by atoms with E-state index in [9.17, 15) is 4.79 Å². The molecule has 3 nitrogen and oxygen atoms in total. The minimum Gasteiger partial charge on any atom is -0.395 e. The van der Waals surface area contributed by atoms with Crippen LogP contribution in [-0.2, 0) is 0 Å². The molecule has 0 spiro atoms. The Bertz CT molecular complexity index is 359. The normalized spacial score (nSPS) is 10.9. The van der Waals surface area contributed by atoms with Gasteiger partial charge in [0.15, 0.2) is 5.78 Å². The molecule has 0 aliphatic carbocycles. The van der Waals surface area contributed by atoms with Gasteiger partial charge in [0.25, 0.3) is 0 Å². The molecule has 0 aromatic heterocycles. The van der Waals surface area contributed by atoms with Crippen molar-refractivity contribution in [2.45, 2.75) is 26.7 Å². The maximum Gasteiger partial charge on any atom is 0.176 e. The predicted octanol–water partition coefficient (Wildman–Crippen LogP) is 2.27. The van der Waals surface area contributed by atoms with Gasteiger partial charge in [-0.1, -0.05) is 43.2 Å². The van der Waals surface area contributed by atoms with E-state index in [0.29, 0.717) is 13.1 Å². The molecule has 0 aliphatic heterocycles. The van der Waals surface area contributed by atoms with Crippen molar-refractivity contribution < 1.29 is 9.90 Å². The number of aliphatic hydroxyl groups excluding tert-OH is 1. The maximum atomic E-state index is 12.1. The Balaban J connectivity index is 2.56. The fourth-order valence-electron chi connectivity index (χ4n) is 1.83. The van der Waals surface area contributed by atoms with Crippen LogP contribution < -0.4 is 0 Å². The Morgan fingerprint density at radius 2 is 1.89 bits per heavy atom. The highest BCUT2D eigenvalue weighted by atomic mass is 16.3. The molecule has 0 saturated carbocycles. The van der Waals surface area contributed by atoms with Gasteiger partial charge in [-0.05, 0) is 19.9 Å². The zero-order valence-corrected chi connectivity index (χ0v) is 11.4. The number of carbonyl (C=O) groups is 1. The van der Waals surface area contributed by atoms with Crippen molar-refractivity contribution >= 4 is 5.78 Å². The van der Waals surface area contributed by atoms with E-state index in [2.05, 4.69) is 6.92 Å². The quantitative estimate of drug-likeness (QED) is 0.719. The summed E-state index contributed by atoms with van der Waals surface area (Å²) in [4.78, 5) is 14.1. The summed E-state index contributed by atoms with van der Waals surface area (Å²) in [6.07, 6.45) is 2.15. The first-order valence-corrected chi connectivity index (χ1v) is 6.60. The molecule has 1 N–H and O–H groups in total. The SMILES string of the molecule is CCCCN(CCO)CC(=O)c1ccc(C)cc1. The topological polar surface area (TPSA) is 40.5 Å². The van der Waals surface area contributed by atoms with Crippen molar-refractivity contribution in [1.29, 1.82) is 0 Å². The first-order valence-electron chi connectivity index (χ1n) is 6.60. The molecule has 1 aromatic rings. The van der Waals surface area contributed by atoms with Gasteiger partial charge >= 0.3 is 0 Å². The Morgan fingerprint density at radius 1 is 1.22 bits per heavy atom. The smallest absolute Gasteiger partial charge is 0.176 e. The van der Waals surface area contributed by atoms with Crippen LogP contribution in [0.15, 0.2) is 24.3 Å². The third-order valence-corrected chi connectivity index (χ3v) is 2.98. The van der Waals surface area contributed by atoms with Gasteiger partial charge in [-0.3, -0.25) is 9.69 Å². The van der Waals surface area contributed by atoms with E-state index < -0.39 is 0 Å². The molecule has 0 heterocycles. The summed E-state index contributed by atoms with van der Waals surface area (Å²) in [6.45, 7) is 6.06. The number of rotatable bonds is 8.